The second-order valence-corrected chi connectivity index (χ2v) is 8.16. The first-order valence-corrected chi connectivity index (χ1v) is 10.6. The average Bonchev–Trinajstić information content (AvgIpc) is 2.77. The van der Waals surface area contributed by atoms with Crippen molar-refractivity contribution in [3.63, 3.8) is 0 Å². The Morgan fingerprint density at radius 2 is 1.97 bits per heavy atom. The highest BCUT2D eigenvalue weighted by Crippen LogP contribution is 2.38. The summed E-state index contributed by atoms with van der Waals surface area (Å²) in [4.78, 5) is 19.9. The number of halogens is 4. The zero-order valence-corrected chi connectivity index (χ0v) is 18.8. The highest BCUT2D eigenvalue weighted by atomic mass is 35.5. The number of aromatic nitrogens is 2. The van der Waals surface area contributed by atoms with E-state index in [1.807, 2.05) is 0 Å². The summed E-state index contributed by atoms with van der Waals surface area (Å²) in [5.74, 6) is -1.39. The van der Waals surface area contributed by atoms with Crippen molar-refractivity contribution in [2.24, 2.45) is 0 Å². The molecule has 11 heteroatoms. The Kier molecular flexibility index (Phi) is 6.53. The fourth-order valence-electron chi connectivity index (χ4n) is 3.39. The lowest BCUT2D eigenvalue weighted by molar-refractivity contribution is -0.120. The maximum absolute atomic E-state index is 14.5. The monoisotopic (exact) mass is 494 g/mol. The summed E-state index contributed by atoms with van der Waals surface area (Å²) < 4.78 is 38.8. The van der Waals surface area contributed by atoms with E-state index in [9.17, 15) is 13.6 Å². The molecule has 1 aliphatic rings. The van der Waals surface area contributed by atoms with E-state index in [1.165, 1.54) is 25.6 Å². The highest BCUT2D eigenvalue weighted by Gasteiger charge is 2.33. The molecule has 0 saturated heterocycles. The van der Waals surface area contributed by atoms with Gasteiger partial charge in [0.05, 0.1) is 28.4 Å². The molecule has 1 amide bonds. The van der Waals surface area contributed by atoms with E-state index in [0.29, 0.717) is 41.1 Å². The minimum absolute atomic E-state index is 0.0923. The lowest BCUT2D eigenvalue weighted by atomic mass is 9.89. The van der Waals surface area contributed by atoms with Crippen LogP contribution < -0.4 is 20.1 Å². The molecule has 0 atom stereocenters. The van der Waals surface area contributed by atoms with Crippen LogP contribution >= 0.6 is 23.2 Å². The molecule has 0 bridgehead atoms. The third-order valence-corrected chi connectivity index (χ3v) is 5.96. The van der Waals surface area contributed by atoms with E-state index in [2.05, 4.69) is 27.2 Å². The van der Waals surface area contributed by atoms with Crippen molar-refractivity contribution >= 4 is 51.5 Å². The SMILES string of the molecule is C=C(F)C(=O)NC1CC(Oc2cc3c(Nc4ccc(Cl)c(Cl)c4F)ncnc3cc2OC)C1. The van der Waals surface area contributed by atoms with Gasteiger partial charge in [0.1, 0.15) is 18.2 Å². The molecule has 1 heterocycles. The van der Waals surface area contributed by atoms with E-state index < -0.39 is 17.6 Å². The summed E-state index contributed by atoms with van der Waals surface area (Å²) in [7, 11) is 1.50. The van der Waals surface area contributed by atoms with E-state index in [1.54, 1.807) is 12.1 Å². The molecule has 4 rings (SSSR count). The molecule has 0 radical (unpaired) electrons. The number of methoxy groups -OCH3 is 1. The van der Waals surface area contributed by atoms with Crippen molar-refractivity contribution in [1.29, 1.82) is 0 Å². The molecule has 1 aromatic heterocycles. The Balaban J connectivity index is 1.58. The number of carbonyl (C=O) groups excluding carboxylic acids is 1. The van der Waals surface area contributed by atoms with Gasteiger partial charge in [-0.2, -0.15) is 0 Å². The maximum Gasteiger partial charge on any atom is 0.279 e. The van der Waals surface area contributed by atoms with Gasteiger partial charge < -0.3 is 20.1 Å². The third-order valence-electron chi connectivity index (χ3n) is 5.18. The first-order valence-electron chi connectivity index (χ1n) is 9.82. The summed E-state index contributed by atoms with van der Waals surface area (Å²) in [6, 6.07) is 6.07. The second kappa shape index (κ2) is 9.36. The van der Waals surface area contributed by atoms with Crippen molar-refractivity contribution in [3.8, 4) is 11.5 Å². The van der Waals surface area contributed by atoms with Crippen molar-refractivity contribution in [2.45, 2.75) is 25.0 Å². The highest BCUT2D eigenvalue weighted by molar-refractivity contribution is 6.42. The molecule has 0 aliphatic heterocycles. The summed E-state index contributed by atoms with van der Waals surface area (Å²) in [6.07, 6.45) is 2.09. The molecule has 1 aliphatic carbocycles. The average molecular weight is 495 g/mol. The summed E-state index contributed by atoms with van der Waals surface area (Å²) in [5.41, 5.74) is 0.632. The summed E-state index contributed by atoms with van der Waals surface area (Å²) >= 11 is 11.8. The lowest BCUT2D eigenvalue weighted by Crippen LogP contribution is -2.49. The number of fused-ring (bicyclic) bond motifs is 1. The van der Waals surface area contributed by atoms with Crippen LogP contribution in [-0.2, 0) is 4.79 Å². The molecule has 3 aromatic rings. The molecular formula is C22H18Cl2F2N4O3. The number of anilines is 2. The molecule has 7 nitrogen and oxygen atoms in total. The number of nitrogens with one attached hydrogen (secondary N) is 2. The number of benzene rings is 2. The zero-order chi connectivity index (χ0) is 23.7. The number of ether oxygens (including phenoxy) is 2. The number of nitrogens with zero attached hydrogens (tertiary/aromatic N) is 2. The largest absolute Gasteiger partial charge is 0.493 e. The van der Waals surface area contributed by atoms with Gasteiger partial charge in [-0.15, -0.1) is 0 Å². The molecular weight excluding hydrogens is 477 g/mol. The van der Waals surface area contributed by atoms with Crippen molar-refractivity contribution in [1.82, 2.24) is 15.3 Å². The normalized spacial score (nSPS) is 17.2. The number of rotatable bonds is 7. The minimum atomic E-state index is -1.03. The van der Waals surface area contributed by atoms with Crippen molar-refractivity contribution in [3.05, 3.63) is 58.9 Å². The standard InChI is InChI=1S/C22H18Cl2F2N4O3/c1-10(25)22(31)29-11-5-12(6-11)33-18-7-13-16(8-17(18)32-2)27-9-28-21(13)30-15-4-3-14(23)19(24)20(15)26/h3-4,7-9,11-12H,1,5-6H2,2H3,(H,29,31)(H,27,28,30). The van der Waals surface area contributed by atoms with E-state index >= 15 is 0 Å². The van der Waals surface area contributed by atoms with E-state index in [-0.39, 0.29) is 27.9 Å². The van der Waals surface area contributed by atoms with Crippen LogP contribution in [-0.4, -0.2) is 35.1 Å². The molecule has 0 spiro atoms. The first-order chi connectivity index (χ1) is 15.8. The van der Waals surface area contributed by atoms with Gasteiger partial charge >= 0.3 is 0 Å². The van der Waals surface area contributed by atoms with Gasteiger partial charge in [-0.05, 0) is 18.2 Å². The van der Waals surface area contributed by atoms with Gasteiger partial charge in [-0.3, -0.25) is 4.79 Å². The quantitative estimate of drug-likeness (QED) is 0.340. The number of carbonyl (C=O) groups is 1. The van der Waals surface area contributed by atoms with Gasteiger partial charge in [0.2, 0.25) is 0 Å². The molecule has 2 aromatic carbocycles. The van der Waals surface area contributed by atoms with Crippen LogP contribution in [0, 0.1) is 5.82 Å². The second-order valence-electron chi connectivity index (χ2n) is 7.38. The van der Waals surface area contributed by atoms with Crippen LogP contribution in [0.1, 0.15) is 12.8 Å². The number of hydrogen-bond donors (Lipinski definition) is 2. The molecule has 1 fully saturated rings. The maximum atomic E-state index is 14.5. The van der Waals surface area contributed by atoms with Crippen LogP contribution in [0.5, 0.6) is 11.5 Å². The lowest BCUT2D eigenvalue weighted by Gasteiger charge is -2.35. The molecule has 172 valence electrons. The van der Waals surface area contributed by atoms with Crippen LogP contribution in [0.25, 0.3) is 10.9 Å². The minimum Gasteiger partial charge on any atom is -0.493 e. The topological polar surface area (TPSA) is 85.4 Å². The fourth-order valence-corrected chi connectivity index (χ4v) is 3.70. The molecule has 2 N–H and O–H groups in total. The van der Waals surface area contributed by atoms with Crippen molar-refractivity contribution < 1.29 is 23.0 Å². The van der Waals surface area contributed by atoms with Gasteiger partial charge in [0, 0.05) is 30.3 Å². The van der Waals surface area contributed by atoms with Crippen LogP contribution in [0.3, 0.4) is 0 Å². The smallest absolute Gasteiger partial charge is 0.279 e. The Morgan fingerprint density at radius 3 is 2.67 bits per heavy atom. The van der Waals surface area contributed by atoms with Crippen molar-refractivity contribution in [2.75, 3.05) is 12.4 Å². The van der Waals surface area contributed by atoms with E-state index in [4.69, 9.17) is 32.7 Å². The van der Waals surface area contributed by atoms with Gasteiger partial charge in [-0.25, -0.2) is 18.7 Å². The number of hydrogen-bond acceptors (Lipinski definition) is 6. The molecule has 0 unspecified atom stereocenters. The zero-order valence-electron chi connectivity index (χ0n) is 17.3. The first kappa shape index (κ1) is 23.0. The molecule has 33 heavy (non-hydrogen) atoms. The predicted molar refractivity (Wildman–Crippen MR) is 122 cm³/mol. The number of amides is 1. The third kappa shape index (κ3) is 4.79. The van der Waals surface area contributed by atoms with Gasteiger partial charge in [0.25, 0.3) is 5.91 Å². The summed E-state index contributed by atoms with van der Waals surface area (Å²) in [5, 5.41) is 5.89. The fraction of sp³-hybridized carbons (Fsp3) is 0.227. The predicted octanol–water partition coefficient (Wildman–Crippen LogP) is 5.34. The summed E-state index contributed by atoms with van der Waals surface area (Å²) in [6.45, 7) is 2.98. The Hall–Kier alpha value is -3.17. The van der Waals surface area contributed by atoms with Gasteiger partial charge in [-0.1, -0.05) is 29.8 Å². The van der Waals surface area contributed by atoms with Crippen LogP contribution in [0.15, 0.2) is 43.0 Å². The Labute approximate surface area is 197 Å². The van der Waals surface area contributed by atoms with Gasteiger partial charge in [0.15, 0.2) is 23.1 Å². The van der Waals surface area contributed by atoms with E-state index in [0.717, 1.165) is 0 Å². The molecule has 1 saturated carbocycles. The van der Waals surface area contributed by atoms with Crippen LogP contribution in [0.2, 0.25) is 10.0 Å². The van der Waals surface area contributed by atoms with Crippen LogP contribution in [0.4, 0.5) is 20.3 Å². The Morgan fingerprint density at radius 1 is 1.21 bits per heavy atom. The Bertz CT molecular complexity index is 1250.